The van der Waals surface area contributed by atoms with Gasteiger partial charge in [-0.1, -0.05) is 0 Å². The number of aromatic hydroxyl groups is 8. The fourth-order valence-corrected chi connectivity index (χ4v) is 4.97. The minimum atomic E-state index is -2.48. The summed E-state index contributed by atoms with van der Waals surface area (Å²) < 4.78 is 18.0. The Morgan fingerprint density at radius 1 is 0.778 bits per heavy atom. The number of hydrogen-bond acceptors (Lipinski definition) is 14. The zero-order chi connectivity index (χ0) is 33.0. The Hall–Kier alpha value is -5.73. The van der Waals surface area contributed by atoms with Crippen LogP contribution in [0.5, 0.6) is 63.2 Å². The van der Waals surface area contributed by atoms with Gasteiger partial charge in [0.1, 0.15) is 57.7 Å². The van der Waals surface area contributed by atoms with E-state index in [1.807, 2.05) is 0 Å². The molecule has 5 rings (SSSR count). The van der Waals surface area contributed by atoms with E-state index in [9.17, 15) is 55.9 Å². The van der Waals surface area contributed by atoms with E-state index >= 15 is 0 Å². The Bertz CT molecular complexity index is 1770. The molecule has 4 aromatic carbocycles. The molecule has 0 aromatic heterocycles. The standard InChI is InChI=1S/C31H28O14/c1-12-23(11-24-25(26(12)39)28(41)29(42)30(43-24)19-4-3-15(33)10-20(19)36)45-31(13(2)32,14-5-21(37)27(40)22(38)6-14)44-18-8-16(34)7-17(35)9-18/h3-11,13,29-30,32-40,42H,1-2H3. The zero-order valence-electron chi connectivity index (χ0n) is 23.5. The maximum Gasteiger partial charge on any atom is 0.304 e. The molecule has 1 aliphatic rings. The number of rotatable bonds is 7. The molecular formula is C31H28O14. The van der Waals surface area contributed by atoms with Crippen LogP contribution in [0.1, 0.15) is 40.1 Å². The molecular weight excluding hydrogens is 596 g/mol. The van der Waals surface area contributed by atoms with Crippen LogP contribution < -0.4 is 14.2 Å². The van der Waals surface area contributed by atoms with Crippen molar-refractivity contribution in [1.29, 1.82) is 0 Å². The highest BCUT2D eigenvalue weighted by Gasteiger charge is 2.46. The number of benzene rings is 4. The molecule has 10 N–H and O–H groups in total. The molecule has 0 bridgehead atoms. The minimum absolute atomic E-state index is 0.0674. The van der Waals surface area contributed by atoms with Crippen LogP contribution in [0.25, 0.3) is 0 Å². The lowest BCUT2D eigenvalue weighted by molar-refractivity contribution is -0.189. The third-order valence-corrected chi connectivity index (χ3v) is 7.28. The number of fused-ring (bicyclic) bond motifs is 1. The van der Waals surface area contributed by atoms with E-state index in [0.717, 1.165) is 42.5 Å². The van der Waals surface area contributed by atoms with Crippen molar-refractivity contribution >= 4 is 5.78 Å². The highest BCUT2D eigenvalue weighted by Crippen LogP contribution is 2.49. The molecule has 45 heavy (non-hydrogen) atoms. The van der Waals surface area contributed by atoms with Gasteiger partial charge >= 0.3 is 5.79 Å². The molecule has 0 fully saturated rings. The van der Waals surface area contributed by atoms with Crippen molar-refractivity contribution in [3.8, 4) is 63.2 Å². The van der Waals surface area contributed by atoms with Crippen LogP contribution in [-0.4, -0.2) is 69.1 Å². The summed E-state index contributed by atoms with van der Waals surface area (Å²) in [6.07, 6.45) is -5.11. The molecule has 1 aliphatic heterocycles. The number of phenols is 8. The maximum atomic E-state index is 13.2. The second-order valence-electron chi connectivity index (χ2n) is 10.4. The second kappa shape index (κ2) is 11.1. The number of aliphatic hydroxyl groups excluding tert-OH is 2. The largest absolute Gasteiger partial charge is 0.508 e. The molecule has 4 aromatic rings. The lowest BCUT2D eigenvalue weighted by Gasteiger charge is -2.38. The van der Waals surface area contributed by atoms with Gasteiger partial charge in [0.25, 0.3) is 0 Å². The van der Waals surface area contributed by atoms with Crippen molar-refractivity contribution in [3.05, 3.63) is 76.9 Å². The first-order valence-electron chi connectivity index (χ1n) is 13.2. The van der Waals surface area contributed by atoms with Crippen molar-refractivity contribution in [2.45, 2.75) is 37.9 Å². The van der Waals surface area contributed by atoms with Gasteiger partial charge in [0, 0.05) is 47.0 Å². The van der Waals surface area contributed by atoms with Crippen molar-refractivity contribution in [1.82, 2.24) is 0 Å². The van der Waals surface area contributed by atoms with Crippen LogP contribution in [-0.2, 0) is 5.79 Å². The Balaban J connectivity index is 1.69. The maximum absolute atomic E-state index is 13.2. The van der Waals surface area contributed by atoms with Crippen LogP contribution in [0.2, 0.25) is 0 Å². The number of carbonyl (C=O) groups excluding carboxylic acids is 1. The van der Waals surface area contributed by atoms with Crippen LogP contribution in [0.15, 0.2) is 54.6 Å². The monoisotopic (exact) mass is 624 g/mol. The molecule has 4 unspecified atom stereocenters. The quantitative estimate of drug-likeness (QED) is 0.105. The van der Waals surface area contributed by atoms with Crippen molar-refractivity contribution in [2.75, 3.05) is 0 Å². The van der Waals surface area contributed by atoms with Crippen LogP contribution in [0.4, 0.5) is 0 Å². The highest BCUT2D eigenvalue weighted by atomic mass is 16.7. The number of ketones is 1. The van der Waals surface area contributed by atoms with Gasteiger partial charge in [0.05, 0.1) is 0 Å². The van der Waals surface area contributed by atoms with Gasteiger partial charge in [-0.15, -0.1) is 0 Å². The molecule has 14 nitrogen and oxygen atoms in total. The zero-order valence-corrected chi connectivity index (χ0v) is 23.5. The van der Waals surface area contributed by atoms with Crippen LogP contribution in [0.3, 0.4) is 0 Å². The lowest BCUT2D eigenvalue weighted by Crippen LogP contribution is -2.49. The molecule has 0 saturated heterocycles. The molecule has 0 aliphatic carbocycles. The topological polar surface area (TPSA) is 247 Å². The fraction of sp³-hybridized carbons (Fsp3) is 0.194. The van der Waals surface area contributed by atoms with E-state index < -0.39 is 75.7 Å². The molecule has 0 amide bonds. The summed E-state index contributed by atoms with van der Waals surface area (Å²) in [6, 6.07) is 9.42. The number of aliphatic hydroxyl groups is 2. The lowest BCUT2D eigenvalue weighted by atomic mass is 9.91. The number of ether oxygens (including phenoxy) is 3. The van der Waals surface area contributed by atoms with Gasteiger partial charge in [-0.05, 0) is 38.1 Å². The first kappa shape index (κ1) is 30.7. The molecule has 0 spiro atoms. The number of phenolic OH excluding ortho intramolecular Hbond substituents is 8. The summed E-state index contributed by atoms with van der Waals surface area (Å²) in [5.74, 6) is -9.32. The van der Waals surface area contributed by atoms with Gasteiger partial charge in [-0.3, -0.25) is 4.79 Å². The summed E-state index contributed by atoms with van der Waals surface area (Å²) in [5.41, 5.74) is -0.919. The molecule has 0 saturated carbocycles. The Morgan fingerprint density at radius 3 is 1.98 bits per heavy atom. The summed E-state index contributed by atoms with van der Waals surface area (Å²) in [5, 5.41) is 104. The Morgan fingerprint density at radius 2 is 1.40 bits per heavy atom. The number of hydrogen-bond donors (Lipinski definition) is 10. The predicted molar refractivity (Wildman–Crippen MR) is 152 cm³/mol. The van der Waals surface area contributed by atoms with Crippen LogP contribution >= 0.6 is 0 Å². The molecule has 14 heteroatoms. The molecule has 0 radical (unpaired) electrons. The van der Waals surface area contributed by atoms with Gasteiger partial charge in [0.15, 0.2) is 29.5 Å². The third-order valence-electron chi connectivity index (χ3n) is 7.28. The van der Waals surface area contributed by atoms with E-state index in [2.05, 4.69) is 0 Å². The average molecular weight is 625 g/mol. The molecule has 1 heterocycles. The van der Waals surface area contributed by atoms with Gasteiger partial charge in [-0.25, -0.2) is 0 Å². The average Bonchev–Trinajstić information content (AvgIpc) is 2.95. The SMILES string of the molecule is Cc1c(OC(Oc2cc(O)cc(O)c2)(c2cc(O)c(O)c(O)c2)C(C)O)cc2c(c1O)C(=O)C(O)C(c1ccc(O)cc1O)O2. The normalized spacial score (nSPS) is 17.9. The first-order chi connectivity index (χ1) is 21.1. The smallest absolute Gasteiger partial charge is 0.304 e. The predicted octanol–water partition coefficient (Wildman–Crippen LogP) is 3.01. The molecule has 236 valence electrons. The summed E-state index contributed by atoms with van der Waals surface area (Å²) >= 11 is 0. The van der Waals surface area contributed by atoms with E-state index in [-0.39, 0.29) is 39.7 Å². The summed E-state index contributed by atoms with van der Waals surface area (Å²) in [4.78, 5) is 13.2. The van der Waals surface area contributed by atoms with Crippen molar-refractivity contribution in [3.63, 3.8) is 0 Å². The third kappa shape index (κ3) is 5.32. The second-order valence-corrected chi connectivity index (χ2v) is 10.4. The Kier molecular flexibility index (Phi) is 7.56. The summed E-state index contributed by atoms with van der Waals surface area (Å²) in [7, 11) is 0. The fourth-order valence-electron chi connectivity index (χ4n) is 4.97. The molecule has 4 atom stereocenters. The van der Waals surface area contributed by atoms with Crippen molar-refractivity contribution < 1.29 is 70.1 Å². The number of Topliss-reactive ketones (excluding diaryl/α,β-unsaturated/α-hetero) is 1. The van der Waals surface area contributed by atoms with E-state index in [4.69, 9.17) is 14.2 Å². The highest BCUT2D eigenvalue weighted by molar-refractivity contribution is 6.06. The van der Waals surface area contributed by atoms with E-state index in [1.54, 1.807) is 0 Å². The summed E-state index contributed by atoms with van der Waals surface area (Å²) in [6.45, 7) is 2.51. The van der Waals surface area contributed by atoms with Gasteiger partial charge in [0.2, 0.25) is 5.78 Å². The van der Waals surface area contributed by atoms with Crippen LogP contribution in [0, 0.1) is 6.92 Å². The van der Waals surface area contributed by atoms with Gasteiger partial charge < -0.3 is 65.3 Å². The van der Waals surface area contributed by atoms with E-state index in [1.165, 1.54) is 26.0 Å². The Labute approximate surface area is 254 Å². The van der Waals surface area contributed by atoms with Gasteiger partial charge in [-0.2, -0.15) is 0 Å². The van der Waals surface area contributed by atoms with Crippen molar-refractivity contribution in [2.24, 2.45) is 0 Å². The first-order valence-corrected chi connectivity index (χ1v) is 13.2. The number of carbonyl (C=O) groups is 1. The van der Waals surface area contributed by atoms with E-state index in [0.29, 0.717) is 0 Å². The minimum Gasteiger partial charge on any atom is -0.508 e.